The lowest BCUT2D eigenvalue weighted by atomic mass is 10.1. The Labute approximate surface area is 174 Å². The Morgan fingerprint density at radius 2 is 1.77 bits per heavy atom. The molecule has 0 aliphatic heterocycles. The first-order valence-electron chi connectivity index (χ1n) is 9.73. The number of hydrogen-bond donors (Lipinski definition) is 1. The standard InChI is InChI=1S/C24H23N3O3/c1-14-21(16(3)28)15(2)25-22(14)23-26-19-7-5-6-8-20(19)27(23)13-17-9-11-18(12-10-17)24(29)30-4/h5-12,25H,13H2,1-4H3. The van der Waals surface area contributed by atoms with Crippen molar-refractivity contribution in [2.75, 3.05) is 7.11 Å². The van der Waals surface area contributed by atoms with Crippen LogP contribution in [0.15, 0.2) is 48.5 Å². The van der Waals surface area contributed by atoms with Crippen molar-refractivity contribution in [3.63, 3.8) is 0 Å². The number of nitrogens with one attached hydrogen (secondary N) is 1. The number of carbonyl (C=O) groups is 2. The van der Waals surface area contributed by atoms with Gasteiger partial charge in [-0.05, 0) is 56.2 Å². The van der Waals surface area contributed by atoms with E-state index in [-0.39, 0.29) is 11.8 Å². The van der Waals surface area contributed by atoms with Gasteiger partial charge in [0.1, 0.15) is 0 Å². The highest BCUT2D eigenvalue weighted by atomic mass is 16.5. The number of rotatable bonds is 5. The SMILES string of the molecule is COC(=O)c1ccc(Cn2c(-c3[nH]c(C)c(C(C)=O)c3C)nc3ccccc32)cc1. The van der Waals surface area contributed by atoms with Crippen LogP contribution < -0.4 is 0 Å². The first-order chi connectivity index (χ1) is 14.4. The lowest BCUT2D eigenvalue weighted by molar-refractivity contribution is 0.0600. The number of esters is 1. The number of para-hydroxylation sites is 2. The molecule has 30 heavy (non-hydrogen) atoms. The molecule has 2 heterocycles. The zero-order chi connectivity index (χ0) is 21.4. The minimum absolute atomic E-state index is 0.0357. The summed E-state index contributed by atoms with van der Waals surface area (Å²) in [5.41, 5.74) is 6.73. The number of ketones is 1. The molecule has 4 rings (SSSR count). The maximum Gasteiger partial charge on any atom is 0.337 e. The third-order valence-corrected chi connectivity index (χ3v) is 5.38. The third-order valence-electron chi connectivity index (χ3n) is 5.38. The van der Waals surface area contributed by atoms with Gasteiger partial charge in [-0.3, -0.25) is 4.79 Å². The van der Waals surface area contributed by atoms with Crippen LogP contribution >= 0.6 is 0 Å². The first kappa shape index (κ1) is 19.6. The largest absolute Gasteiger partial charge is 0.465 e. The molecule has 0 aliphatic rings. The minimum Gasteiger partial charge on any atom is -0.465 e. The molecule has 4 aromatic rings. The summed E-state index contributed by atoms with van der Waals surface area (Å²) in [7, 11) is 1.37. The predicted molar refractivity (Wildman–Crippen MR) is 116 cm³/mol. The number of aryl methyl sites for hydroxylation is 1. The van der Waals surface area contributed by atoms with Crippen molar-refractivity contribution < 1.29 is 14.3 Å². The van der Waals surface area contributed by atoms with Gasteiger partial charge in [-0.25, -0.2) is 9.78 Å². The number of aromatic nitrogens is 3. The van der Waals surface area contributed by atoms with Crippen LogP contribution in [0.2, 0.25) is 0 Å². The van der Waals surface area contributed by atoms with E-state index in [1.54, 1.807) is 19.1 Å². The fourth-order valence-corrected chi connectivity index (χ4v) is 3.97. The average Bonchev–Trinajstić information content (AvgIpc) is 3.24. The van der Waals surface area contributed by atoms with E-state index in [0.29, 0.717) is 17.7 Å². The number of fused-ring (bicyclic) bond motifs is 1. The highest BCUT2D eigenvalue weighted by Gasteiger charge is 2.21. The summed E-state index contributed by atoms with van der Waals surface area (Å²) in [5.74, 6) is 0.458. The quantitative estimate of drug-likeness (QED) is 0.389. The summed E-state index contributed by atoms with van der Waals surface area (Å²) in [4.78, 5) is 32.0. The van der Waals surface area contributed by atoms with E-state index in [1.807, 2.05) is 50.2 Å². The van der Waals surface area contributed by atoms with Gasteiger partial charge in [0.2, 0.25) is 0 Å². The van der Waals surface area contributed by atoms with E-state index in [4.69, 9.17) is 9.72 Å². The molecule has 0 aliphatic carbocycles. The molecule has 0 radical (unpaired) electrons. The number of methoxy groups -OCH3 is 1. The molecule has 0 spiro atoms. The second-order valence-electron chi connectivity index (χ2n) is 7.38. The number of aromatic amines is 1. The van der Waals surface area contributed by atoms with Gasteiger partial charge in [-0.2, -0.15) is 0 Å². The van der Waals surface area contributed by atoms with Crippen LogP contribution in [-0.2, 0) is 11.3 Å². The summed E-state index contributed by atoms with van der Waals surface area (Å²) in [5, 5.41) is 0. The van der Waals surface area contributed by atoms with Gasteiger partial charge >= 0.3 is 5.97 Å². The van der Waals surface area contributed by atoms with Crippen LogP contribution in [0.25, 0.3) is 22.6 Å². The molecule has 0 atom stereocenters. The van der Waals surface area contributed by atoms with Crippen LogP contribution in [0.4, 0.5) is 0 Å². The highest BCUT2D eigenvalue weighted by molar-refractivity contribution is 5.98. The molecule has 6 nitrogen and oxygen atoms in total. The lowest BCUT2D eigenvalue weighted by Crippen LogP contribution is -2.05. The van der Waals surface area contributed by atoms with Crippen LogP contribution in [0, 0.1) is 13.8 Å². The average molecular weight is 401 g/mol. The van der Waals surface area contributed by atoms with Crippen molar-refractivity contribution in [2.24, 2.45) is 0 Å². The predicted octanol–water partition coefficient (Wildman–Crippen LogP) is 4.69. The molecule has 0 amide bonds. The molecule has 2 aromatic carbocycles. The first-order valence-corrected chi connectivity index (χ1v) is 9.73. The zero-order valence-corrected chi connectivity index (χ0v) is 17.4. The molecule has 0 bridgehead atoms. The van der Waals surface area contributed by atoms with E-state index in [9.17, 15) is 9.59 Å². The van der Waals surface area contributed by atoms with Crippen LogP contribution in [0.3, 0.4) is 0 Å². The number of imidazole rings is 1. The van der Waals surface area contributed by atoms with E-state index < -0.39 is 0 Å². The van der Waals surface area contributed by atoms with Gasteiger partial charge in [-0.15, -0.1) is 0 Å². The van der Waals surface area contributed by atoms with Gasteiger partial charge in [0.05, 0.1) is 29.4 Å². The smallest absolute Gasteiger partial charge is 0.337 e. The molecule has 2 aromatic heterocycles. The van der Waals surface area contributed by atoms with Crippen molar-refractivity contribution in [2.45, 2.75) is 27.3 Å². The minimum atomic E-state index is -0.357. The molecule has 6 heteroatoms. The Morgan fingerprint density at radius 3 is 2.40 bits per heavy atom. The zero-order valence-electron chi connectivity index (χ0n) is 17.4. The molecule has 0 unspecified atom stereocenters. The normalized spacial score (nSPS) is 11.1. The number of benzene rings is 2. The lowest BCUT2D eigenvalue weighted by Gasteiger charge is -2.10. The summed E-state index contributed by atoms with van der Waals surface area (Å²) in [6.07, 6.45) is 0. The second-order valence-corrected chi connectivity index (χ2v) is 7.38. The third kappa shape index (κ3) is 3.30. The fourth-order valence-electron chi connectivity index (χ4n) is 3.97. The van der Waals surface area contributed by atoms with Crippen molar-refractivity contribution in [1.29, 1.82) is 0 Å². The number of nitrogens with zero attached hydrogens (tertiary/aromatic N) is 2. The summed E-state index contributed by atoms with van der Waals surface area (Å²) in [6, 6.07) is 15.3. The molecule has 1 N–H and O–H groups in total. The summed E-state index contributed by atoms with van der Waals surface area (Å²) >= 11 is 0. The Kier molecular flexibility index (Phi) is 4.99. The van der Waals surface area contributed by atoms with Gasteiger partial charge in [-0.1, -0.05) is 24.3 Å². The number of Topliss-reactive ketones (excluding diaryl/α,β-unsaturated/α-hetero) is 1. The molecular weight excluding hydrogens is 378 g/mol. The van der Waals surface area contributed by atoms with Gasteiger partial charge in [0.15, 0.2) is 11.6 Å². The molecular formula is C24H23N3O3. The molecule has 0 saturated carbocycles. The molecule has 152 valence electrons. The number of hydrogen-bond acceptors (Lipinski definition) is 4. The van der Waals surface area contributed by atoms with Crippen LogP contribution in [-0.4, -0.2) is 33.4 Å². The fraction of sp³-hybridized carbons (Fsp3) is 0.208. The monoisotopic (exact) mass is 401 g/mol. The van der Waals surface area contributed by atoms with Crippen LogP contribution in [0.1, 0.15) is 44.5 Å². The van der Waals surface area contributed by atoms with Crippen molar-refractivity contribution in [1.82, 2.24) is 14.5 Å². The number of H-pyrrole nitrogens is 1. The number of ether oxygens (including phenoxy) is 1. The number of carbonyl (C=O) groups excluding carboxylic acids is 2. The Balaban J connectivity index is 1.83. The summed E-state index contributed by atoms with van der Waals surface area (Å²) in [6.45, 7) is 6.01. The Hall–Kier alpha value is -3.67. The Morgan fingerprint density at radius 1 is 1.07 bits per heavy atom. The van der Waals surface area contributed by atoms with Crippen molar-refractivity contribution in [3.8, 4) is 11.5 Å². The van der Waals surface area contributed by atoms with Crippen molar-refractivity contribution >= 4 is 22.8 Å². The van der Waals surface area contributed by atoms with E-state index in [2.05, 4.69) is 9.55 Å². The topological polar surface area (TPSA) is 77.0 Å². The Bertz CT molecular complexity index is 1260. The van der Waals surface area contributed by atoms with Crippen LogP contribution in [0.5, 0.6) is 0 Å². The van der Waals surface area contributed by atoms with Gasteiger partial charge in [0.25, 0.3) is 0 Å². The summed E-state index contributed by atoms with van der Waals surface area (Å²) < 4.78 is 6.91. The maximum atomic E-state index is 12.1. The van der Waals surface area contributed by atoms with E-state index in [0.717, 1.165) is 39.4 Å². The molecule has 0 fully saturated rings. The van der Waals surface area contributed by atoms with E-state index >= 15 is 0 Å². The highest BCUT2D eigenvalue weighted by Crippen LogP contribution is 2.31. The second kappa shape index (κ2) is 7.63. The maximum absolute atomic E-state index is 12.1. The molecule has 0 saturated heterocycles. The van der Waals surface area contributed by atoms with E-state index in [1.165, 1.54) is 7.11 Å². The van der Waals surface area contributed by atoms with Gasteiger partial charge < -0.3 is 14.3 Å². The van der Waals surface area contributed by atoms with Crippen molar-refractivity contribution in [3.05, 3.63) is 76.5 Å². The van der Waals surface area contributed by atoms with Gasteiger partial charge in [0, 0.05) is 17.8 Å².